The fourth-order valence-electron chi connectivity index (χ4n) is 0.992. The minimum Gasteiger partial charge on any atom is -0.435 e. The van der Waals surface area contributed by atoms with Crippen LogP contribution in [0.1, 0.15) is 17.3 Å². The Morgan fingerprint density at radius 1 is 1.47 bits per heavy atom. The summed E-state index contributed by atoms with van der Waals surface area (Å²) in [5, 5.41) is 0.401. The Kier molecular flexibility index (Phi) is 4.39. The molecule has 1 aromatic rings. The molecule has 0 radical (unpaired) electrons. The maximum atomic E-state index is 11.4. The molecular weight excluding hydrogens is 218 g/mol. The summed E-state index contributed by atoms with van der Waals surface area (Å²) in [4.78, 5) is 11.4. The van der Waals surface area contributed by atoms with Crippen molar-refractivity contribution in [1.29, 1.82) is 0 Å². The summed E-state index contributed by atoms with van der Waals surface area (Å²) in [6, 6.07) is 4.55. The average Bonchev–Trinajstić information content (AvgIpc) is 2.16. The summed E-state index contributed by atoms with van der Waals surface area (Å²) in [5.41, 5.74) is 6.27. The van der Waals surface area contributed by atoms with Crippen LogP contribution in [0.2, 0.25) is 5.02 Å². The number of hydrogen-bond donors (Lipinski definition) is 1. The number of rotatable bonds is 4. The van der Waals surface area contributed by atoms with Crippen LogP contribution in [0.3, 0.4) is 0 Å². The van der Waals surface area contributed by atoms with E-state index in [4.69, 9.17) is 26.8 Å². The van der Waals surface area contributed by atoms with Crippen LogP contribution in [0.15, 0.2) is 18.2 Å². The summed E-state index contributed by atoms with van der Waals surface area (Å²) in [7, 11) is 0. The van der Waals surface area contributed by atoms with Gasteiger partial charge in [0.2, 0.25) is 0 Å². The third kappa shape index (κ3) is 3.77. The first-order valence-corrected chi connectivity index (χ1v) is 4.82. The molecule has 0 unspecified atom stereocenters. The van der Waals surface area contributed by atoms with Gasteiger partial charge in [-0.25, -0.2) is 4.79 Å². The second-order valence-corrected chi connectivity index (χ2v) is 3.25. The fourth-order valence-corrected chi connectivity index (χ4v) is 1.24. The van der Waals surface area contributed by atoms with Crippen LogP contribution in [-0.4, -0.2) is 19.4 Å². The summed E-state index contributed by atoms with van der Waals surface area (Å²) in [5.74, 6) is -0.502. The molecular formula is C10H12ClNO3. The molecule has 0 heterocycles. The second-order valence-electron chi connectivity index (χ2n) is 2.82. The smallest absolute Gasteiger partial charge is 0.340 e. The van der Waals surface area contributed by atoms with Gasteiger partial charge < -0.3 is 15.2 Å². The molecule has 0 saturated carbocycles. The van der Waals surface area contributed by atoms with E-state index in [1.54, 1.807) is 6.07 Å². The van der Waals surface area contributed by atoms with Gasteiger partial charge in [0, 0.05) is 17.3 Å². The van der Waals surface area contributed by atoms with Crippen molar-refractivity contribution in [1.82, 2.24) is 0 Å². The number of benzene rings is 1. The molecule has 0 amide bonds. The van der Waals surface area contributed by atoms with Crippen LogP contribution in [-0.2, 0) is 9.47 Å². The Balaban J connectivity index is 2.65. The quantitative estimate of drug-likeness (QED) is 0.372. The molecule has 15 heavy (non-hydrogen) atoms. The summed E-state index contributed by atoms with van der Waals surface area (Å²) < 4.78 is 9.68. The number of carbonyl (C=O) groups is 1. The maximum absolute atomic E-state index is 11.4. The van der Waals surface area contributed by atoms with Gasteiger partial charge >= 0.3 is 5.97 Å². The number of esters is 1. The SMILES string of the molecule is CCOCOC(=O)c1cc(N)cc(Cl)c1. The van der Waals surface area contributed by atoms with Gasteiger partial charge in [-0.3, -0.25) is 0 Å². The van der Waals surface area contributed by atoms with E-state index >= 15 is 0 Å². The van der Waals surface area contributed by atoms with Crippen LogP contribution in [0.25, 0.3) is 0 Å². The second kappa shape index (κ2) is 5.58. The Hall–Kier alpha value is -1.26. The van der Waals surface area contributed by atoms with E-state index in [0.29, 0.717) is 22.9 Å². The van der Waals surface area contributed by atoms with Gasteiger partial charge in [-0.2, -0.15) is 0 Å². The lowest BCUT2D eigenvalue weighted by molar-refractivity contribution is -0.0274. The Labute approximate surface area is 92.9 Å². The fraction of sp³-hybridized carbons (Fsp3) is 0.300. The average molecular weight is 230 g/mol. The molecule has 1 rings (SSSR count). The molecule has 2 N–H and O–H groups in total. The molecule has 1 aromatic carbocycles. The number of anilines is 1. The monoisotopic (exact) mass is 229 g/mol. The lowest BCUT2D eigenvalue weighted by Gasteiger charge is -2.05. The summed E-state index contributed by atoms with van der Waals surface area (Å²) in [6.45, 7) is 2.23. The van der Waals surface area contributed by atoms with Gasteiger partial charge in [0.15, 0.2) is 6.79 Å². The van der Waals surface area contributed by atoms with Gasteiger partial charge in [0.05, 0.1) is 5.56 Å². The number of ether oxygens (including phenoxy) is 2. The molecule has 5 heteroatoms. The van der Waals surface area contributed by atoms with Crippen LogP contribution in [0, 0.1) is 0 Å². The first-order chi connectivity index (χ1) is 7.13. The minimum absolute atomic E-state index is 0.0677. The largest absolute Gasteiger partial charge is 0.435 e. The Bertz CT molecular complexity index is 334. The Morgan fingerprint density at radius 3 is 2.80 bits per heavy atom. The van der Waals surface area contributed by atoms with Crippen molar-refractivity contribution in [2.24, 2.45) is 0 Å². The number of nitrogen functional groups attached to an aromatic ring is 1. The third-order valence-corrected chi connectivity index (χ3v) is 1.85. The maximum Gasteiger partial charge on any atom is 0.340 e. The molecule has 82 valence electrons. The van der Waals surface area contributed by atoms with Crippen molar-refractivity contribution in [3.8, 4) is 0 Å². The molecule has 0 bridgehead atoms. The zero-order valence-corrected chi connectivity index (χ0v) is 9.08. The summed E-state index contributed by atoms with van der Waals surface area (Å²) >= 11 is 5.74. The predicted octanol–water partition coefficient (Wildman–Crippen LogP) is 2.07. The topological polar surface area (TPSA) is 61.5 Å². The molecule has 0 aliphatic heterocycles. The van der Waals surface area contributed by atoms with E-state index in [2.05, 4.69) is 0 Å². The van der Waals surface area contributed by atoms with Crippen molar-refractivity contribution in [2.45, 2.75) is 6.92 Å². The van der Waals surface area contributed by atoms with E-state index in [0.717, 1.165) is 0 Å². The van der Waals surface area contributed by atoms with Crippen molar-refractivity contribution >= 4 is 23.3 Å². The van der Waals surface area contributed by atoms with Gasteiger partial charge in [0.25, 0.3) is 0 Å². The summed E-state index contributed by atoms with van der Waals surface area (Å²) in [6.07, 6.45) is 0. The highest BCUT2D eigenvalue weighted by molar-refractivity contribution is 6.31. The molecule has 0 aliphatic carbocycles. The molecule has 0 atom stereocenters. The van der Waals surface area contributed by atoms with E-state index in [9.17, 15) is 4.79 Å². The van der Waals surface area contributed by atoms with Crippen LogP contribution in [0.4, 0.5) is 5.69 Å². The minimum atomic E-state index is -0.502. The number of nitrogens with two attached hydrogens (primary N) is 1. The molecule has 0 spiro atoms. The van der Waals surface area contributed by atoms with Crippen molar-refractivity contribution in [3.63, 3.8) is 0 Å². The number of carbonyl (C=O) groups excluding carboxylic acids is 1. The Morgan fingerprint density at radius 2 is 2.20 bits per heavy atom. The van der Waals surface area contributed by atoms with Crippen LogP contribution < -0.4 is 5.73 Å². The van der Waals surface area contributed by atoms with Crippen LogP contribution >= 0.6 is 11.6 Å². The molecule has 0 fully saturated rings. The van der Waals surface area contributed by atoms with E-state index < -0.39 is 5.97 Å². The van der Waals surface area contributed by atoms with Crippen molar-refractivity contribution in [2.75, 3.05) is 19.1 Å². The van der Waals surface area contributed by atoms with E-state index in [-0.39, 0.29) is 6.79 Å². The zero-order chi connectivity index (χ0) is 11.3. The standard InChI is InChI=1S/C10H12ClNO3/c1-2-14-6-15-10(13)7-3-8(11)5-9(12)4-7/h3-5H,2,6,12H2,1H3. The highest BCUT2D eigenvalue weighted by Gasteiger charge is 2.08. The van der Waals surface area contributed by atoms with Gasteiger partial charge in [-0.15, -0.1) is 0 Å². The number of halogens is 1. The van der Waals surface area contributed by atoms with Crippen LogP contribution in [0.5, 0.6) is 0 Å². The van der Waals surface area contributed by atoms with E-state index in [1.165, 1.54) is 12.1 Å². The molecule has 0 saturated heterocycles. The molecule has 4 nitrogen and oxygen atoms in total. The van der Waals surface area contributed by atoms with Gasteiger partial charge in [-0.1, -0.05) is 11.6 Å². The molecule has 0 aliphatic rings. The lowest BCUT2D eigenvalue weighted by Crippen LogP contribution is -2.09. The first-order valence-electron chi connectivity index (χ1n) is 4.44. The first kappa shape index (κ1) is 11.8. The van der Waals surface area contributed by atoms with Gasteiger partial charge in [0.1, 0.15) is 0 Å². The highest BCUT2D eigenvalue weighted by atomic mass is 35.5. The van der Waals surface area contributed by atoms with Crippen molar-refractivity contribution < 1.29 is 14.3 Å². The lowest BCUT2D eigenvalue weighted by atomic mass is 10.2. The predicted molar refractivity (Wildman–Crippen MR) is 57.8 cm³/mol. The van der Waals surface area contributed by atoms with Gasteiger partial charge in [-0.05, 0) is 25.1 Å². The third-order valence-electron chi connectivity index (χ3n) is 1.63. The van der Waals surface area contributed by atoms with Crippen molar-refractivity contribution in [3.05, 3.63) is 28.8 Å². The normalized spacial score (nSPS) is 10.0. The van der Waals surface area contributed by atoms with E-state index in [1.807, 2.05) is 6.92 Å². The molecule has 0 aromatic heterocycles. The highest BCUT2D eigenvalue weighted by Crippen LogP contribution is 2.17. The number of hydrogen-bond acceptors (Lipinski definition) is 4. The zero-order valence-electron chi connectivity index (χ0n) is 8.33.